The van der Waals surface area contributed by atoms with Crippen molar-refractivity contribution in [2.45, 2.75) is 0 Å². The average Bonchev–Trinajstić information content (AvgIpc) is 1.62. The molecule has 1 saturated heterocycles. The summed E-state index contributed by atoms with van der Waals surface area (Å²) >= 11 is -0.955. The molecule has 1 aliphatic heterocycles. The van der Waals surface area contributed by atoms with Gasteiger partial charge in [-0.05, 0) is 0 Å². The predicted molar refractivity (Wildman–Crippen MR) is 33.3 cm³/mol. The first-order chi connectivity index (χ1) is 4.00. The van der Waals surface area contributed by atoms with E-state index in [0.717, 1.165) is 26.3 Å². The zero-order valence-corrected chi connectivity index (χ0v) is 7.82. The summed E-state index contributed by atoms with van der Waals surface area (Å²) in [6, 6.07) is 0. The van der Waals surface area contributed by atoms with Gasteiger partial charge < -0.3 is 0 Å². The third kappa shape index (κ3) is 2.66. The van der Waals surface area contributed by atoms with Gasteiger partial charge in [0.15, 0.2) is 0 Å². The number of nitrogens with one attached hydrogen (secondary N) is 1. The third-order valence-electron chi connectivity index (χ3n) is 1.01. The van der Waals surface area contributed by atoms with Crippen molar-refractivity contribution in [3.8, 4) is 0 Å². The second-order valence-corrected chi connectivity index (χ2v) is 3.89. The summed E-state index contributed by atoms with van der Waals surface area (Å²) in [5.41, 5.74) is 0. The van der Waals surface area contributed by atoms with Crippen LogP contribution < -0.4 is 5.32 Å². The van der Waals surface area contributed by atoms with E-state index in [2.05, 4.69) is 5.32 Å². The topological polar surface area (TPSA) is 30.5 Å². The van der Waals surface area contributed by atoms with Crippen molar-refractivity contribution < 1.29 is 7.53 Å². The Bertz CT molecular complexity index is 38.0. The van der Waals surface area contributed by atoms with Crippen LogP contribution >= 0.6 is 0 Å². The standard InChI is InChI=1S/C4H11GeNO2/c1-3-7-5-8-4-2-6-1/h6H,1-5H2. The van der Waals surface area contributed by atoms with E-state index in [0.29, 0.717) is 0 Å². The maximum atomic E-state index is 5.18. The Labute approximate surface area is 55.9 Å². The summed E-state index contributed by atoms with van der Waals surface area (Å²) in [5.74, 6) is 0. The maximum absolute atomic E-state index is 5.18. The molecule has 1 rings (SSSR count). The molecule has 1 heterocycles. The summed E-state index contributed by atoms with van der Waals surface area (Å²) < 4.78 is 10.4. The van der Waals surface area contributed by atoms with Crippen LogP contribution in [0, 0.1) is 0 Å². The Morgan fingerprint density at radius 3 is 2.38 bits per heavy atom. The Morgan fingerprint density at radius 2 is 1.75 bits per heavy atom. The molecule has 1 fully saturated rings. The fourth-order valence-corrected chi connectivity index (χ4v) is 1.94. The number of rotatable bonds is 0. The van der Waals surface area contributed by atoms with Gasteiger partial charge in [0.1, 0.15) is 0 Å². The van der Waals surface area contributed by atoms with E-state index >= 15 is 0 Å². The van der Waals surface area contributed by atoms with E-state index < -0.39 is 16.1 Å². The number of hydrogen-bond donors (Lipinski definition) is 1. The van der Waals surface area contributed by atoms with Gasteiger partial charge in [0.25, 0.3) is 0 Å². The Kier molecular flexibility index (Phi) is 3.53. The Morgan fingerprint density at radius 1 is 1.12 bits per heavy atom. The van der Waals surface area contributed by atoms with Gasteiger partial charge in [-0.25, -0.2) is 0 Å². The van der Waals surface area contributed by atoms with Crippen molar-refractivity contribution in [1.82, 2.24) is 5.32 Å². The van der Waals surface area contributed by atoms with Gasteiger partial charge in [0.05, 0.1) is 0 Å². The molecular formula is C4H11GeNO2. The first-order valence-electron chi connectivity index (χ1n) is 2.86. The Hall–Kier alpha value is 0.423. The van der Waals surface area contributed by atoms with Crippen LogP contribution in [0.3, 0.4) is 0 Å². The zero-order valence-electron chi connectivity index (χ0n) is 4.85. The summed E-state index contributed by atoms with van der Waals surface area (Å²) in [4.78, 5) is 0. The second kappa shape index (κ2) is 4.32. The van der Waals surface area contributed by atoms with Crippen LogP contribution in [0.4, 0.5) is 0 Å². The molecule has 48 valence electrons. The van der Waals surface area contributed by atoms with Crippen LogP contribution in [0.1, 0.15) is 0 Å². The van der Waals surface area contributed by atoms with E-state index in [1.807, 2.05) is 0 Å². The molecule has 0 radical (unpaired) electrons. The fraction of sp³-hybridized carbons (Fsp3) is 1.00. The average molecular weight is 178 g/mol. The predicted octanol–water partition coefficient (Wildman–Crippen LogP) is -1.38. The van der Waals surface area contributed by atoms with Gasteiger partial charge in [-0.1, -0.05) is 0 Å². The molecule has 4 heteroatoms. The molecule has 0 saturated carbocycles. The van der Waals surface area contributed by atoms with Crippen LogP contribution in [0.5, 0.6) is 0 Å². The van der Waals surface area contributed by atoms with E-state index in [1.165, 1.54) is 0 Å². The van der Waals surface area contributed by atoms with Gasteiger partial charge in [-0.3, -0.25) is 0 Å². The first kappa shape index (κ1) is 6.54. The quantitative estimate of drug-likeness (QED) is 0.463. The fourth-order valence-electron chi connectivity index (χ4n) is 0.590. The van der Waals surface area contributed by atoms with E-state index in [-0.39, 0.29) is 0 Å². The normalized spacial score (nSPS) is 24.0. The molecule has 0 amide bonds. The minimum atomic E-state index is -0.955. The molecule has 0 bridgehead atoms. The number of hydrogen-bond acceptors (Lipinski definition) is 3. The third-order valence-corrected chi connectivity index (χ3v) is 2.92. The molecule has 0 atom stereocenters. The van der Waals surface area contributed by atoms with Crippen LogP contribution in [-0.2, 0) is 7.53 Å². The summed E-state index contributed by atoms with van der Waals surface area (Å²) in [6.07, 6.45) is 0. The van der Waals surface area contributed by atoms with Crippen LogP contribution in [0.15, 0.2) is 0 Å². The molecule has 0 aromatic carbocycles. The molecule has 1 aliphatic rings. The summed E-state index contributed by atoms with van der Waals surface area (Å²) in [6.45, 7) is 3.68. The minimum absolute atomic E-state index is 0.847. The van der Waals surface area contributed by atoms with E-state index in [1.54, 1.807) is 0 Å². The summed E-state index contributed by atoms with van der Waals surface area (Å²) in [7, 11) is 0. The van der Waals surface area contributed by atoms with E-state index in [4.69, 9.17) is 7.53 Å². The molecule has 1 N–H and O–H groups in total. The van der Waals surface area contributed by atoms with Gasteiger partial charge >= 0.3 is 55.3 Å². The molecule has 0 unspecified atom stereocenters. The molecule has 0 aromatic rings. The van der Waals surface area contributed by atoms with Gasteiger partial charge in [-0.2, -0.15) is 0 Å². The van der Waals surface area contributed by atoms with Crippen LogP contribution in [0.25, 0.3) is 0 Å². The van der Waals surface area contributed by atoms with Crippen molar-refractivity contribution >= 4 is 16.1 Å². The van der Waals surface area contributed by atoms with Crippen LogP contribution in [-0.4, -0.2) is 42.4 Å². The van der Waals surface area contributed by atoms with E-state index in [9.17, 15) is 0 Å². The SMILES string of the molecule is C1C[O][GeH2][O]CCN1. The monoisotopic (exact) mass is 179 g/mol. The Balaban J connectivity index is 2.00. The van der Waals surface area contributed by atoms with Crippen molar-refractivity contribution in [3.05, 3.63) is 0 Å². The molecule has 3 nitrogen and oxygen atoms in total. The molecular weight excluding hydrogens is 167 g/mol. The molecule has 8 heavy (non-hydrogen) atoms. The van der Waals surface area contributed by atoms with Crippen molar-refractivity contribution in [3.63, 3.8) is 0 Å². The van der Waals surface area contributed by atoms with Gasteiger partial charge in [-0.15, -0.1) is 0 Å². The van der Waals surface area contributed by atoms with Crippen LogP contribution in [0.2, 0.25) is 0 Å². The molecule has 0 aliphatic carbocycles. The van der Waals surface area contributed by atoms with Gasteiger partial charge in [0, 0.05) is 0 Å². The molecule has 0 aromatic heterocycles. The van der Waals surface area contributed by atoms with Crippen molar-refractivity contribution in [2.75, 3.05) is 26.3 Å². The van der Waals surface area contributed by atoms with Gasteiger partial charge in [0.2, 0.25) is 0 Å². The first-order valence-corrected chi connectivity index (χ1v) is 5.28. The van der Waals surface area contributed by atoms with Crippen molar-refractivity contribution in [2.24, 2.45) is 0 Å². The molecule has 0 spiro atoms. The zero-order chi connectivity index (χ0) is 5.66. The summed E-state index contributed by atoms with van der Waals surface area (Å²) in [5, 5.41) is 3.17. The van der Waals surface area contributed by atoms with Crippen molar-refractivity contribution in [1.29, 1.82) is 0 Å². The second-order valence-electron chi connectivity index (χ2n) is 1.68.